The van der Waals surface area contributed by atoms with Crippen LogP contribution >= 0.6 is 0 Å². The lowest BCUT2D eigenvalue weighted by atomic mass is 10.0. The number of amidine groups is 1. The molecule has 0 atom stereocenters. The summed E-state index contributed by atoms with van der Waals surface area (Å²) in [5.41, 5.74) is 1.28. The predicted molar refractivity (Wildman–Crippen MR) is 77.2 cm³/mol. The Labute approximate surface area is 108 Å². The van der Waals surface area contributed by atoms with Crippen molar-refractivity contribution < 1.29 is 0 Å². The van der Waals surface area contributed by atoms with Crippen molar-refractivity contribution in [3.63, 3.8) is 0 Å². The van der Waals surface area contributed by atoms with Gasteiger partial charge >= 0.3 is 0 Å². The van der Waals surface area contributed by atoms with E-state index in [1.54, 1.807) is 0 Å². The fourth-order valence-electron chi connectivity index (χ4n) is 2.65. The van der Waals surface area contributed by atoms with Crippen LogP contribution in [0.15, 0.2) is 47.5 Å². The zero-order chi connectivity index (χ0) is 12.4. The van der Waals surface area contributed by atoms with Gasteiger partial charge in [-0.25, -0.2) is 0 Å². The summed E-state index contributed by atoms with van der Waals surface area (Å²) in [4.78, 5) is 7.10. The number of nitrogens with zero attached hydrogens (tertiary/aromatic N) is 2. The molecule has 0 unspecified atom stereocenters. The molecule has 0 aliphatic carbocycles. The molecule has 0 bridgehead atoms. The zero-order valence-electron chi connectivity index (χ0n) is 10.8. The van der Waals surface area contributed by atoms with Crippen LogP contribution in [-0.2, 0) is 0 Å². The molecule has 18 heavy (non-hydrogen) atoms. The SMILES string of the molecule is CCCN1CCN=C1c1cccc2ccccc12. The summed E-state index contributed by atoms with van der Waals surface area (Å²) in [6.45, 7) is 5.31. The number of rotatable bonds is 3. The van der Waals surface area contributed by atoms with E-state index >= 15 is 0 Å². The molecule has 0 fully saturated rings. The summed E-state index contributed by atoms with van der Waals surface area (Å²) in [5, 5.41) is 2.60. The van der Waals surface area contributed by atoms with Gasteiger partial charge in [-0.15, -0.1) is 0 Å². The monoisotopic (exact) mass is 238 g/mol. The van der Waals surface area contributed by atoms with Crippen LogP contribution in [-0.4, -0.2) is 30.4 Å². The van der Waals surface area contributed by atoms with Crippen molar-refractivity contribution in [1.29, 1.82) is 0 Å². The maximum atomic E-state index is 4.70. The summed E-state index contributed by atoms with van der Waals surface area (Å²) in [6, 6.07) is 15.0. The molecule has 2 nitrogen and oxygen atoms in total. The minimum absolute atomic E-state index is 0.929. The lowest BCUT2D eigenvalue weighted by molar-refractivity contribution is 0.456. The number of benzene rings is 2. The Balaban J connectivity index is 2.09. The molecule has 0 saturated heterocycles. The van der Waals surface area contributed by atoms with Crippen molar-refractivity contribution in [2.45, 2.75) is 13.3 Å². The van der Waals surface area contributed by atoms with Gasteiger partial charge in [-0.05, 0) is 17.2 Å². The van der Waals surface area contributed by atoms with Crippen LogP contribution in [0.1, 0.15) is 18.9 Å². The Hall–Kier alpha value is -1.83. The molecule has 2 aromatic carbocycles. The molecule has 0 spiro atoms. The average Bonchev–Trinajstić information content (AvgIpc) is 2.87. The molecular weight excluding hydrogens is 220 g/mol. The molecule has 2 heteroatoms. The third-order valence-corrected chi connectivity index (χ3v) is 3.46. The first-order valence-electron chi connectivity index (χ1n) is 6.67. The highest BCUT2D eigenvalue weighted by Crippen LogP contribution is 2.22. The van der Waals surface area contributed by atoms with Gasteiger partial charge in [-0.1, -0.05) is 49.4 Å². The highest BCUT2D eigenvalue weighted by Gasteiger charge is 2.18. The van der Waals surface area contributed by atoms with E-state index in [-0.39, 0.29) is 0 Å². The number of aliphatic imine (C=N–C) groups is 1. The van der Waals surface area contributed by atoms with E-state index in [0.717, 1.165) is 19.6 Å². The molecular formula is C16H18N2. The first-order chi connectivity index (χ1) is 8.90. The Morgan fingerprint density at radius 1 is 1.11 bits per heavy atom. The highest BCUT2D eigenvalue weighted by atomic mass is 15.2. The largest absolute Gasteiger partial charge is 0.355 e. The third kappa shape index (κ3) is 1.88. The Bertz CT molecular complexity index is 581. The van der Waals surface area contributed by atoms with Crippen LogP contribution < -0.4 is 0 Å². The van der Waals surface area contributed by atoms with Crippen LogP contribution in [0.4, 0.5) is 0 Å². The highest BCUT2D eigenvalue weighted by molar-refractivity contribution is 6.10. The van der Waals surface area contributed by atoms with Crippen molar-refractivity contribution in [2.24, 2.45) is 4.99 Å². The van der Waals surface area contributed by atoms with Gasteiger partial charge in [-0.3, -0.25) is 4.99 Å². The van der Waals surface area contributed by atoms with Crippen molar-refractivity contribution in [3.05, 3.63) is 48.0 Å². The van der Waals surface area contributed by atoms with Gasteiger partial charge in [0.15, 0.2) is 0 Å². The third-order valence-electron chi connectivity index (χ3n) is 3.46. The van der Waals surface area contributed by atoms with Crippen molar-refractivity contribution in [3.8, 4) is 0 Å². The second-order valence-electron chi connectivity index (χ2n) is 4.72. The number of hydrogen-bond donors (Lipinski definition) is 0. The lowest BCUT2D eigenvalue weighted by Crippen LogP contribution is -2.29. The average molecular weight is 238 g/mol. The predicted octanol–water partition coefficient (Wildman–Crippen LogP) is 3.31. The van der Waals surface area contributed by atoms with Crippen LogP contribution in [0.3, 0.4) is 0 Å². The van der Waals surface area contributed by atoms with Gasteiger partial charge in [0.25, 0.3) is 0 Å². The molecule has 0 saturated carbocycles. The van der Waals surface area contributed by atoms with Crippen molar-refractivity contribution in [1.82, 2.24) is 4.90 Å². The summed E-state index contributed by atoms with van der Waals surface area (Å²) < 4.78 is 0. The van der Waals surface area contributed by atoms with Gasteiger partial charge in [0.1, 0.15) is 5.84 Å². The maximum Gasteiger partial charge on any atom is 0.131 e. The number of hydrogen-bond acceptors (Lipinski definition) is 2. The van der Waals surface area contributed by atoms with E-state index in [2.05, 4.69) is 54.3 Å². The molecule has 1 aliphatic rings. The minimum Gasteiger partial charge on any atom is -0.355 e. The summed E-state index contributed by atoms with van der Waals surface area (Å²) in [7, 11) is 0. The Kier molecular flexibility index (Phi) is 3.01. The Morgan fingerprint density at radius 2 is 1.94 bits per heavy atom. The lowest BCUT2D eigenvalue weighted by Gasteiger charge is -2.20. The van der Waals surface area contributed by atoms with E-state index < -0.39 is 0 Å². The van der Waals surface area contributed by atoms with Crippen LogP contribution in [0.25, 0.3) is 10.8 Å². The molecule has 2 aromatic rings. The van der Waals surface area contributed by atoms with E-state index in [1.807, 2.05) is 0 Å². The Morgan fingerprint density at radius 3 is 2.83 bits per heavy atom. The molecule has 0 amide bonds. The van der Waals surface area contributed by atoms with E-state index in [9.17, 15) is 0 Å². The van der Waals surface area contributed by atoms with Crippen LogP contribution in [0.2, 0.25) is 0 Å². The molecule has 0 N–H and O–H groups in total. The van der Waals surface area contributed by atoms with Crippen LogP contribution in [0.5, 0.6) is 0 Å². The molecule has 0 radical (unpaired) electrons. The summed E-state index contributed by atoms with van der Waals surface area (Å²) in [6.07, 6.45) is 1.17. The normalized spacial score (nSPS) is 15.2. The van der Waals surface area contributed by atoms with Crippen LogP contribution in [0, 0.1) is 0 Å². The summed E-state index contributed by atoms with van der Waals surface area (Å²) in [5.74, 6) is 1.17. The van der Waals surface area contributed by atoms with Gasteiger partial charge in [0.05, 0.1) is 6.54 Å². The van der Waals surface area contributed by atoms with E-state index in [0.29, 0.717) is 0 Å². The zero-order valence-corrected chi connectivity index (χ0v) is 10.8. The first kappa shape index (κ1) is 11.3. The quantitative estimate of drug-likeness (QED) is 0.801. The summed E-state index contributed by atoms with van der Waals surface area (Å²) >= 11 is 0. The molecule has 92 valence electrons. The molecule has 1 aliphatic heterocycles. The maximum absolute atomic E-state index is 4.70. The second-order valence-corrected chi connectivity index (χ2v) is 4.72. The second kappa shape index (κ2) is 4.81. The van der Waals surface area contributed by atoms with Gasteiger partial charge in [0.2, 0.25) is 0 Å². The van der Waals surface area contributed by atoms with Gasteiger partial charge in [0, 0.05) is 18.7 Å². The van der Waals surface area contributed by atoms with E-state index in [4.69, 9.17) is 4.99 Å². The van der Waals surface area contributed by atoms with E-state index in [1.165, 1.54) is 28.6 Å². The fraction of sp³-hybridized carbons (Fsp3) is 0.312. The number of fused-ring (bicyclic) bond motifs is 1. The van der Waals surface area contributed by atoms with Gasteiger partial charge < -0.3 is 4.90 Å². The smallest absolute Gasteiger partial charge is 0.131 e. The standard InChI is InChI=1S/C16H18N2/c1-2-11-18-12-10-17-16(18)15-9-5-7-13-6-3-4-8-14(13)15/h3-9H,2,10-12H2,1H3. The molecule has 3 rings (SSSR count). The van der Waals surface area contributed by atoms with Gasteiger partial charge in [-0.2, -0.15) is 0 Å². The minimum atomic E-state index is 0.929. The molecule has 1 heterocycles. The topological polar surface area (TPSA) is 15.6 Å². The first-order valence-corrected chi connectivity index (χ1v) is 6.67. The fourth-order valence-corrected chi connectivity index (χ4v) is 2.65. The molecule has 0 aromatic heterocycles. The van der Waals surface area contributed by atoms with Crippen molar-refractivity contribution in [2.75, 3.05) is 19.6 Å². The van der Waals surface area contributed by atoms with Crippen molar-refractivity contribution >= 4 is 16.6 Å².